The highest BCUT2D eigenvalue weighted by atomic mass is 15.2. The third-order valence-corrected chi connectivity index (χ3v) is 4.75. The molecule has 0 unspecified atom stereocenters. The van der Waals surface area contributed by atoms with Crippen LogP contribution >= 0.6 is 0 Å². The van der Waals surface area contributed by atoms with Crippen LogP contribution in [0.2, 0.25) is 0 Å². The topological polar surface area (TPSA) is 53.6 Å². The Kier molecular flexibility index (Phi) is 3.90. The molecule has 1 aliphatic rings. The fourth-order valence-corrected chi connectivity index (χ4v) is 3.55. The highest BCUT2D eigenvalue weighted by molar-refractivity contribution is 5.38. The summed E-state index contributed by atoms with van der Waals surface area (Å²) < 4.78 is 0. The molecular formula is C20H22N4. The third-order valence-electron chi connectivity index (χ3n) is 4.75. The summed E-state index contributed by atoms with van der Waals surface area (Å²) in [5.74, 6) is 1.65. The molecule has 0 fully saturated rings. The molecule has 0 spiro atoms. The molecular weight excluding hydrogens is 296 g/mol. The quantitative estimate of drug-likeness (QED) is 0.769. The average Bonchev–Trinajstić information content (AvgIpc) is 3.19. The number of nitrogens with zero attached hydrogens (tertiary/aromatic N) is 2. The smallest absolute Gasteiger partial charge is 0.172 e. The van der Waals surface area contributed by atoms with E-state index in [9.17, 15) is 0 Å². The first-order valence-corrected chi connectivity index (χ1v) is 8.50. The number of hydrogen-bond acceptors (Lipinski definition) is 3. The molecule has 4 rings (SSSR count). The van der Waals surface area contributed by atoms with Crippen LogP contribution in [0.4, 0.5) is 0 Å². The van der Waals surface area contributed by atoms with Gasteiger partial charge in [0.15, 0.2) is 5.82 Å². The molecule has 0 bridgehead atoms. The highest BCUT2D eigenvalue weighted by Gasteiger charge is 2.27. The van der Waals surface area contributed by atoms with Gasteiger partial charge in [0.05, 0.1) is 6.04 Å². The fourth-order valence-electron chi connectivity index (χ4n) is 3.55. The van der Waals surface area contributed by atoms with Gasteiger partial charge in [0.2, 0.25) is 0 Å². The summed E-state index contributed by atoms with van der Waals surface area (Å²) in [4.78, 5) is 4.57. The van der Waals surface area contributed by atoms with Crippen LogP contribution in [0.1, 0.15) is 52.4 Å². The number of benzene rings is 2. The Hall–Kier alpha value is -2.46. The lowest BCUT2D eigenvalue weighted by atomic mass is 10.0. The second-order valence-electron chi connectivity index (χ2n) is 6.58. The molecule has 4 nitrogen and oxygen atoms in total. The molecule has 1 aliphatic carbocycles. The monoisotopic (exact) mass is 318 g/mol. The van der Waals surface area contributed by atoms with E-state index in [4.69, 9.17) is 0 Å². The van der Waals surface area contributed by atoms with Gasteiger partial charge in [0.1, 0.15) is 5.82 Å². The van der Waals surface area contributed by atoms with E-state index in [1.165, 1.54) is 22.3 Å². The van der Waals surface area contributed by atoms with Crippen molar-refractivity contribution in [2.45, 2.75) is 38.8 Å². The molecule has 1 aromatic heterocycles. The normalized spacial score (nSPS) is 17.7. The predicted octanol–water partition coefficient (Wildman–Crippen LogP) is 3.79. The van der Waals surface area contributed by atoms with Crippen molar-refractivity contribution in [1.82, 2.24) is 20.5 Å². The number of H-pyrrole nitrogens is 1. The van der Waals surface area contributed by atoms with Gasteiger partial charge in [-0.2, -0.15) is 5.10 Å². The lowest BCUT2D eigenvalue weighted by Gasteiger charge is -2.22. The van der Waals surface area contributed by atoms with E-state index in [1.807, 2.05) is 13.0 Å². The Labute approximate surface area is 142 Å². The zero-order valence-electron chi connectivity index (χ0n) is 14.1. The average molecular weight is 318 g/mol. The van der Waals surface area contributed by atoms with Crippen LogP contribution in [0.3, 0.4) is 0 Å². The number of rotatable bonds is 4. The number of aromatic nitrogens is 3. The number of fused-ring (bicyclic) bond motifs is 1. The Morgan fingerprint density at radius 2 is 1.96 bits per heavy atom. The van der Waals surface area contributed by atoms with Crippen molar-refractivity contribution in [1.29, 1.82) is 0 Å². The summed E-state index contributed by atoms with van der Waals surface area (Å²) >= 11 is 0. The summed E-state index contributed by atoms with van der Waals surface area (Å²) in [6.45, 7) is 4.09. The SMILES string of the molecule is Cc1ccc2c(c1)[C@@H](N[C@H](c1ccccc1)c1n[nH]c(C)n1)CC2. The zero-order chi connectivity index (χ0) is 16.5. The summed E-state index contributed by atoms with van der Waals surface area (Å²) in [7, 11) is 0. The zero-order valence-corrected chi connectivity index (χ0v) is 14.1. The molecule has 0 aliphatic heterocycles. The van der Waals surface area contributed by atoms with Gasteiger partial charge in [0, 0.05) is 6.04 Å². The molecule has 1 heterocycles. The first kappa shape index (κ1) is 15.1. The lowest BCUT2D eigenvalue weighted by molar-refractivity contribution is 0.470. The van der Waals surface area contributed by atoms with E-state index >= 15 is 0 Å². The molecule has 0 saturated carbocycles. The lowest BCUT2D eigenvalue weighted by Crippen LogP contribution is -2.27. The molecule has 3 aromatic rings. The molecule has 0 amide bonds. The van der Waals surface area contributed by atoms with Crippen LogP contribution in [-0.2, 0) is 6.42 Å². The molecule has 122 valence electrons. The van der Waals surface area contributed by atoms with Gasteiger partial charge in [-0.3, -0.25) is 10.4 Å². The summed E-state index contributed by atoms with van der Waals surface area (Å²) in [5, 5.41) is 11.2. The summed E-state index contributed by atoms with van der Waals surface area (Å²) in [5.41, 5.74) is 5.38. The second kappa shape index (κ2) is 6.21. The summed E-state index contributed by atoms with van der Waals surface area (Å²) in [6.07, 6.45) is 2.24. The van der Waals surface area contributed by atoms with Crippen molar-refractivity contribution in [2.75, 3.05) is 0 Å². The van der Waals surface area contributed by atoms with Crippen LogP contribution in [0.5, 0.6) is 0 Å². The molecule has 4 heteroatoms. The van der Waals surface area contributed by atoms with Crippen molar-refractivity contribution >= 4 is 0 Å². The van der Waals surface area contributed by atoms with Gasteiger partial charge >= 0.3 is 0 Å². The number of hydrogen-bond donors (Lipinski definition) is 2. The first-order chi connectivity index (χ1) is 11.7. The van der Waals surface area contributed by atoms with Crippen molar-refractivity contribution in [3.8, 4) is 0 Å². The van der Waals surface area contributed by atoms with E-state index in [0.717, 1.165) is 24.5 Å². The molecule has 2 atom stereocenters. The van der Waals surface area contributed by atoms with E-state index < -0.39 is 0 Å². The molecule has 0 saturated heterocycles. The van der Waals surface area contributed by atoms with Crippen LogP contribution in [0, 0.1) is 13.8 Å². The second-order valence-corrected chi connectivity index (χ2v) is 6.58. The van der Waals surface area contributed by atoms with E-state index in [-0.39, 0.29) is 6.04 Å². The van der Waals surface area contributed by atoms with Crippen molar-refractivity contribution in [3.05, 3.63) is 82.4 Å². The third kappa shape index (κ3) is 2.85. The van der Waals surface area contributed by atoms with E-state index in [2.05, 4.69) is 69.9 Å². The maximum atomic E-state index is 4.57. The van der Waals surface area contributed by atoms with E-state index in [1.54, 1.807) is 0 Å². The van der Waals surface area contributed by atoms with Gasteiger partial charge in [-0.1, -0.05) is 54.1 Å². The number of aromatic amines is 1. The van der Waals surface area contributed by atoms with Crippen molar-refractivity contribution in [2.24, 2.45) is 0 Å². The minimum Gasteiger partial charge on any atom is -0.297 e. The van der Waals surface area contributed by atoms with Crippen molar-refractivity contribution < 1.29 is 0 Å². The Balaban J connectivity index is 1.68. The molecule has 2 aromatic carbocycles. The Morgan fingerprint density at radius 1 is 1.12 bits per heavy atom. The maximum absolute atomic E-state index is 4.57. The standard InChI is InChI=1S/C20H22N4/c1-13-8-9-15-10-11-18(17(15)12-13)22-19(16-6-4-3-5-7-16)20-21-14(2)23-24-20/h3-9,12,18-19,22H,10-11H2,1-2H3,(H,21,23,24)/t18-,19+/m0/s1. The van der Waals surface area contributed by atoms with Gasteiger partial charge in [-0.05, 0) is 43.4 Å². The molecule has 24 heavy (non-hydrogen) atoms. The van der Waals surface area contributed by atoms with E-state index in [0.29, 0.717) is 6.04 Å². The number of aryl methyl sites for hydroxylation is 3. The van der Waals surface area contributed by atoms with Crippen LogP contribution in [-0.4, -0.2) is 15.2 Å². The molecule has 0 radical (unpaired) electrons. The highest BCUT2D eigenvalue weighted by Crippen LogP contribution is 2.34. The van der Waals surface area contributed by atoms with Gasteiger partial charge in [-0.25, -0.2) is 4.98 Å². The van der Waals surface area contributed by atoms with Crippen LogP contribution < -0.4 is 5.32 Å². The van der Waals surface area contributed by atoms with Crippen LogP contribution in [0.15, 0.2) is 48.5 Å². The van der Waals surface area contributed by atoms with Gasteiger partial charge < -0.3 is 0 Å². The maximum Gasteiger partial charge on any atom is 0.172 e. The number of nitrogens with one attached hydrogen (secondary N) is 2. The van der Waals surface area contributed by atoms with Crippen molar-refractivity contribution in [3.63, 3.8) is 0 Å². The molecule has 2 N–H and O–H groups in total. The van der Waals surface area contributed by atoms with Crippen LogP contribution in [0.25, 0.3) is 0 Å². The first-order valence-electron chi connectivity index (χ1n) is 8.50. The Bertz CT molecular complexity index is 838. The predicted molar refractivity (Wildman–Crippen MR) is 94.8 cm³/mol. The largest absolute Gasteiger partial charge is 0.297 e. The minimum absolute atomic E-state index is 0.00684. The summed E-state index contributed by atoms with van der Waals surface area (Å²) in [6, 6.07) is 17.5. The van der Waals surface area contributed by atoms with Gasteiger partial charge in [-0.15, -0.1) is 0 Å². The minimum atomic E-state index is -0.00684. The van der Waals surface area contributed by atoms with Gasteiger partial charge in [0.25, 0.3) is 0 Å². The Morgan fingerprint density at radius 3 is 2.71 bits per heavy atom. The fraction of sp³-hybridized carbons (Fsp3) is 0.300.